The lowest BCUT2D eigenvalue weighted by molar-refractivity contribution is -0.509. The summed E-state index contributed by atoms with van der Waals surface area (Å²) in [6.45, 7) is 0. The monoisotopic (exact) mass is 420 g/mol. The summed E-state index contributed by atoms with van der Waals surface area (Å²) >= 11 is 0. The van der Waals surface area contributed by atoms with E-state index in [0.717, 1.165) is 0 Å². The van der Waals surface area contributed by atoms with Crippen LogP contribution in [0.25, 0.3) is 0 Å². The standard InChI is InChI=1S/C8HF17/c9-1(10)2(11,12)4(13,14)5(15,16)3(6(17,18)19,7(20,21)22)8(23,24)25/h1H. The maximum Gasteiger partial charge on any atom is 0.418 e. The third kappa shape index (κ3) is 2.86. The number of alkyl halides is 17. The van der Waals surface area contributed by atoms with E-state index in [9.17, 15) is 74.6 Å². The topological polar surface area (TPSA) is 0 Å². The predicted octanol–water partition coefficient (Wildman–Crippen LogP) is 5.83. The van der Waals surface area contributed by atoms with E-state index < -0.39 is 48.1 Å². The lowest BCUT2D eigenvalue weighted by Crippen LogP contribution is -2.76. The first-order valence-electron chi connectivity index (χ1n) is 5.06. The van der Waals surface area contributed by atoms with E-state index in [0.29, 0.717) is 0 Å². The zero-order valence-electron chi connectivity index (χ0n) is 10.5. The van der Waals surface area contributed by atoms with Gasteiger partial charge in [-0.3, -0.25) is 0 Å². The summed E-state index contributed by atoms with van der Waals surface area (Å²) in [6.07, 6.45) is -31.2. The fourth-order valence-electron chi connectivity index (χ4n) is 1.60. The van der Waals surface area contributed by atoms with Crippen molar-refractivity contribution in [2.45, 2.75) is 42.7 Å². The van der Waals surface area contributed by atoms with Crippen LogP contribution in [0.3, 0.4) is 0 Å². The Kier molecular flexibility index (Phi) is 5.38. The molecule has 0 fully saturated rings. The first-order chi connectivity index (χ1) is 10.4. The molecule has 0 unspecified atom stereocenters. The van der Waals surface area contributed by atoms with Gasteiger partial charge >= 0.3 is 48.1 Å². The summed E-state index contributed by atoms with van der Waals surface area (Å²) in [4.78, 5) is 0. The average Bonchev–Trinajstić information content (AvgIpc) is 2.20. The van der Waals surface area contributed by atoms with Crippen molar-refractivity contribution in [1.82, 2.24) is 0 Å². The number of hydrogen-bond donors (Lipinski definition) is 0. The Balaban J connectivity index is 7.21. The molecule has 0 heterocycles. The molecular weight excluding hydrogens is 419 g/mol. The summed E-state index contributed by atoms with van der Waals surface area (Å²) in [5.74, 6) is -24.9. The van der Waals surface area contributed by atoms with E-state index in [1.807, 2.05) is 0 Å². The van der Waals surface area contributed by atoms with E-state index in [1.54, 1.807) is 0 Å². The summed E-state index contributed by atoms with van der Waals surface area (Å²) in [5, 5.41) is 0. The molecule has 0 aliphatic heterocycles. The van der Waals surface area contributed by atoms with E-state index in [2.05, 4.69) is 0 Å². The number of rotatable bonds is 4. The second-order valence-corrected chi connectivity index (χ2v) is 4.32. The molecular formula is C8HF17. The fourth-order valence-corrected chi connectivity index (χ4v) is 1.60. The Bertz CT molecular complexity index is 436. The minimum Gasteiger partial charge on any atom is -0.203 e. The maximum atomic E-state index is 13.1. The highest BCUT2D eigenvalue weighted by Gasteiger charge is 3.00. The second-order valence-electron chi connectivity index (χ2n) is 4.32. The van der Waals surface area contributed by atoms with Gasteiger partial charge in [0.2, 0.25) is 0 Å². The van der Waals surface area contributed by atoms with Gasteiger partial charge in [0, 0.05) is 0 Å². The number of halogens is 17. The van der Waals surface area contributed by atoms with Crippen molar-refractivity contribution in [3.8, 4) is 0 Å². The van der Waals surface area contributed by atoms with Gasteiger partial charge in [-0.25, -0.2) is 8.78 Å². The van der Waals surface area contributed by atoms with Gasteiger partial charge in [-0.15, -0.1) is 0 Å². The van der Waals surface area contributed by atoms with Crippen molar-refractivity contribution in [3.63, 3.8) is 0 Å². The van der Waals surface area contributed by atoms with Gasteiger partial charge in [-0.1, -0.05) is 0 Å². The first kappa shape index (κ1) is 23.8. The molecule has 0 aromatic heterocycles. The van der Waals surface area contributed by atoms with Gasteiger partial charge < -0.3 is 0 Å². The van der Waals surface area contributed by atoms with Gasteiger partial charge in [0.15, 0.2) is 0 Å². The zero-order chi connectivity index (χ0) is 21.1. The first-order valence-corrected chi connectivity index (χ1v) is 5.06. The predicted molar refractivity (Wildman–Crippen MR) is 41.4 cm³/mol. The normalized spacial score (nSPS) is 16.6. The highest BCUT2D eigenvalue weighted by atomic mass is 19.4. The highest BCUT2D eigenvalue weighted by molar-refractivity contribution is 5.16. The van der Waals surface area contributed by atoms with Crippen molar-refractivity contribution in [2.24, 2.45) is 5.41 Å². The Hall–Kier alpha value is -1.19. The minimum atomic E-state index is -8.81. The molecule has 0 saturated heterocycles. The van der Waals surface area contributed by atoms with Crippen LogP contribution in [0.1, 0.15) is 0 Å². The lowest BCUT2D eigenvalue weighted by atomic mass is 9.74. The smallest absolute Gasteiger partial charge is 0.203 e. The van der Waals surface area contributed by atoms with Crippen LogP contribution in [0.15, 0.2) is 0 Å². The average molecular weight is 420 g/mol. The maximum absolute atomic E-state index is 13.1. The van der Waals surface area contributed by atoms with Crippen molar-refractivity contribution in [1.29, 1.82) is 0 Å². The molecule has 0 aliphatic rings. The molecule has 0 atom stereocenters. The molecule has 152 valence electrons. The van der Waals surface area contributed by atoms with Crippen LogP contribution in [0.2, 0.25) is 0 Å². The fraction of sp³-hybridized carbons (Fsp3) is 1.00. The molecule has 17 heteroatoms. The number of hydrogen-bond acceptors (Lipinski definition) is 0. The molecule has 25 heavy (non-hydrogen) atoms. The van der Waals surface area contributed by atoms with Crippen LogP contribution in [0.4, 0.5) is 74.6 Å². The highest BCUT2D eigenvalue weighted by Crippen LogP contribution is 2.70. The molecule has 0 spiro atoms. The molecule has 0 bridgehead atoms. The van der Waals surface area contributed by atoms with Crippen LogP contribution in [0.5, 0.6) is 0 Å². The molecule has 0 N–H and O–H groups in total. The van der Waals surface area contributed by atoms with E-state index >= 15 is 0 Å². The largest absolute Gasteiger partial charge is 0.418 e. The van der Waals surface area contributed by atoms with Gasteiger partial charge in [-0.05, 0) is 0 Å². The quantitative estimate of drug-likeness (QED) is 0.503. The van der Waals surface area contributed by atoms with Crippen LogP contribution < -0.4 is 0 Å². The Morgan fingerprint density at radius 2 is 0.640 bits per heavy atom. The van der Waals surface area contributed by atoms with Crippen LogP contribution in [-0.2, 0) is 0 Å². The SMILES string of the molecule is FC(F)C(F)(F)C(F)(F)C(F)(F)C(C(F)(F)F)(C(F)(F)F)C(F)(F)F. The zero-order valence-corrected chi connectivity index (χ0v) is 10.5. The van der Waals surface area contributed by atoms with Crippen molar-refractivity contribution < 1.29 is 74.6 Å². The molecule has 0 amide bonds. The van der Waals surface area contributed by atoms with Gasteiger partial charge in [0.1, 0.15) is 0 Å². The molecule has 0 nitrogen and oxygen atoms in total. The van der Waals surface area contributed by atoms with Crippen LogP contribution in [0, 0.1) is 5.41 Å². The molecule has 0 aromatic carbocycles. The van der Waals surface area contributed by atoms with Gasteiger partial charge in [0.25, 0.3) is 0 Å². The third-order valence-corrected chi connectivity index (χ3v) is 2.83. The molecule has 0 rings (SSSR count). The van der Waals surface area contributed by atoms with Crippen LogP contribution >= 0.6 is 0 Å². The van der Waals surface area contributed by atoms with E-state index in [4.69, 9.17) is 0 Å². The Morgan fingerprint density at radius 3 is 0.800 bits per heavy atom. The van der Waals surface area contributed by atoms with Gasteiger partial charge in [0.05, 0.1) is 0 Å². The summed E-state index contributed by atoms with van der Waals surface area (Å²) in [5.41, 5.74) is -8.76. The summed E-state index contributed by atoms with van der Waals surface area (Å²) in [7, 11) is 0. The van der Waals surface area contributed by atoms with Crippen molar-refractivity contribution in [3.05, 3.63) is 0 Å². The van der Waals surface area contributed by atoms with E-state index in [-0.39, 0.29) is 0 Å². The van der Waals surface area contributed by atoms with Crippen molar-refractivity contribution in [2.75, 3.05) is 0 Å². The lowest BCUT2D eigenvalue weighted by Gasteiger charge is -2.46. The summed E-state index contributed by atoms with van der Waals surface area (Å²) < 4.78 is 211. The molecule has 0 aliphatic carbocycles. The van der Waals surface area contributed by atoms with E-state index in [1.165, 1.54) is 0 Å². The Labute approximate surface area is 124 Å². The summed E-state index contributed by atoms with van der Waals surface area (Å²) in [6, 6.07) is 0. The third-order valence-electron chi connectivity index (χ3n) is 2.83. The second kappa shape index (κ2) is 5.65. The van der Waals surface area contributed by atoms with Crippen molar-refractivity contribution >= 4 is 0 Å². The molecule has 0 radical (unpaired) electrons. The minimum absolute atomic E-state index is 6.03. The Morgan fingerprint density at radius 1 is 0.400 bits per heavy atom. The molecule has 0 aromatic rings. The van der Waals surface area contributed by atoms with Gasteiger partial charge in [-0.2, -0.15) is 65.9 Å². The van der Waals surface area contributed by atoms with Crippen LogP contribution in [-0.4, -0.2) is 42.7 Å². The molecule has 0 saturated carbocycles.